The van der Waals surface area contributed by atoms with Gasteiger partial charge in [-0.1, -0.05) is 0 Å². The molecule has 1 N–H and O–H groups in total. The molecule has 1 fully saturated rings. The zero-order chi connectivity index (χ0) is 12.3. The Hall–Kier alpha value is -2.02. The van der Waals surface area contributed by atoms with Crippen molar-refractivity contribution in [2.45, 2.75) is 0 Å². The van der Waals surface area contributed by atoms with Crippen molar-refractivity contribution in [2.75, 3.05) is 26.2 Å². The van der Waals surface area contributed by atoms with Gasteiger partial charge in [0.1, 0.15) is 0 Å². The van der Waals surface area contributed by atoms with E-state index in [1.807, 2.05) is 0 Å². The maximum Gasteiger partial charge on any atom is 0.464 e. The van der Waals surface area contributed by atoms with Crippen LogP contribution in [0.2, 0.25) is 0 Å². The summed E-state index contributed by atoms with van der Waals surface area (Å²) in [5.74, 6) is 0.120. The smallest absolute Gasteiger partial charge is 0.459 e. The minimum Gasteiger partial charge on any atom is -0.459 e. The van der Waals surface area contributed by atoms with Crippen LogP contribution >= 0.6 is 0 Å². The normalized spacial score (nSPS) is 16.8. The number of carbonyl (C=O) groups excluding carboxylic acids is 2. The monoisotopic (exact) mass is 238 g/mol. The Balaban J connectivity index is 1.87. The molecule has 91 valence electrons. The summed E-state index contributed by atoms with van der Waals surface area (Å²) in [6.45, 7) is 1.75. The van der Waals surface area contributed by atoms with Crippen molar-refractivity contribution < 1.29 is 19.1 Å². The number of nitrogens with zero attached hydrogens (tertiary/aromatic N) is 2. The van der Waals surface area contributed by atoms with E-state index in [9.17, 15) is 14.7 Å². The van der Waals surface area contributed by atoms with Gasteiger partial charge in [0.2, 0.25) is 0 Å². The summed E-state index contributed by atoms with van der Waals surface area (Å²) in [4.78, 5) is 23.8. The highest BCUT2D eigenvalue weighted by atomic mass is 16.4. The Morgan fingerprint density at radius 3 is 2.47 bits per heavy atom. The number of hydrogen-bond donors (Lipinski definition) is 1. The molecule has 2 heterocycles. The fraction of sp³-hybridized carbons (Fsp3) is 0.400. The van der Waals surface area contributed by atoms with Gasteiger partial charge in [-0.2, -0.15) is 0 Å². The van der Waals surface area contributed by atoms with E-state index in [1.54, 1.807) is 17.0 Å². The fourth-order valence-corrected chi connectivity index (χ4v) is 1.71. The van der Waals surface area contributed by atoms with Crippen LogP contribution in [0.4, 0.5) is 4.79 Å². The second-order valence-electron chi connectivity index (χ2n) is 3.66. The number of amides is 2. The zero-order valence-corrected chi connectivity index (χ0v) is 9.09. The molecule has 0 bridgehead atoms. The van der Waals surface area contributed by atoms with Gasteiger partial charge in [-0.15, -0.1) is 0 Å². The van der Waals surface area contributed by atoms with Gasteiger partial charge < -0.3 is 9.32 Å². The number of rotatable bonds is 2. The fourth-order valence-electron chi connectivity index (χ4n) is 1.71. The first kappa shape index (κ1) is 11.5. The van der Waals surface area contributed by atoms with E-state index in [4.69, 9.17) is 4.42 Å². The maximum atomic E-state index is 11.9. The zero-order valence-electron chi connectivity index (χ0n) is 9.09. The highest BCUT2D eigenvalue weighted by Gasteiger charge is 2.24. The van der Waals surface area contributed by atoms with E-state index in [0.717, 1.165) is 0 Å². The molecule has 0 unspecified atom stereocenters. The lowest BCUT2D eigenvalue weighted by atomic mass is 10.3. The van der Waals surface area contributed by atoms with E-state index in [2.05, 4.69) is 5.43 Å². The number of hydrogen-bond acceptors (Lipinski definition) is 4. The standard InChI is InChI=1S/C10H12N3O4/c14-9(8-2-1-7-17-8)12-3-5-13(6-4-12)11-10(15)16/h1-2,7,11H,3-6H2. The van der Waals surface area contributed by atoms with E-state index in [1.165, 1.54) is 11.3 Å². The molecule has 0 atom stereocenters. The van der Waals surface area contributed by atoms with Crippen LogP contribution in [0.1, 0.15) is 10.6 Å². The molecule has 0 aliphatic carbocycles. The van der Waals surface area contributed by atoms with Crippen LogP contribution in [0, 0.1) is 0 Å². The van der Waals surface area contributed by atoms with Gasteiger partial charge in [0.05, 0.1) is 6.26 Å². The highest BCUT2D eigenvalue weighted by molar-refractivity contribution is 5.91. The predicted octanol–water partition coefficient (Wildman–Crippen LogP) is 0.0925. The topological polar surface area (TPSA) is 85.7 Å². The molecule has 1 aromatic rings. The van der Waals surface area contributed by atoms with Crippen molar-refractivity contribution in [3.8, 4) is 0 Å². The third-order valence-corrected chi connectivity index (χ3v) is 2.55. The molecule has 17 heavy (non-hydrogen) atoms. The lowest BCUT2D eigenvalue weighted by molar-refractivity contribution is 0.0505. The maximum absolute atomic E-state index is 11.9. The molecule has 7 heteroatoms. The molecule has 1 aromatic heterocycles. The van der Waals surface area contributed by atoms with Crippen LogP contribution in [0.15, 0.2) is 22.8 Å². The second kappa shape index (κ2) is 4.88. The van der Waals surface area contributed by atoms with Crippen LogP contribution in [0.5, 0.6) is 0 Å². The van der Waals surface area contributed by atoms with Crippen molar-refractivity contribution in [3.05, 3.63) is 24.2 Å². The van der Waals surface area contributed by atoms with Crippen LogP contribution in [0.3, 0.4) is 0 Å². The number of furan rings is 1. The predicted molar refractivity (Wildman–Crippen MR) is 55.4 cm³/mol. The lowest BCUT2D eigenvalue weighted by Crippen LogP contribution is -2.54. The molecule has 1 radical (unpaired) electrons. The first-order chi connectivity index (χ1) is 8.16. The number of nitrogens with one attached hydrogen (secondary N) is 1. The van der Waals surface area contributed by atoms with E-state index in [-0.39, 0.29) is 5.91 Å². The highest BCUT2D eigenvalue weighted by Crippen LogP contribution is 2.08. The van der Waals surface area contributed by atoms with Gasteiger partial charge >= 0.3 is 6.09 Å². The Morgan fingerprint density at radius 1 is 1.24 bits per heavy atom. The summed E-state index contributed by atoms with van der Waals surface area (Å²) in [6.07, 6.45) is 0.108. The van der Waals surface area contributed by atoms with E-state index in [0.29, 0.717) is 31.9 Å². The molecular weight excluding hydrogens is 226 g/mol. The Labute approximate surface area is 97.6 Å². The van der Waals surface area contributed by atoms with Gasteiger partial charge in [0.15, 0.2) is 5.76 Å². The first-order valence-corrected chi connectivity index (χ1v) is 5.22. The molecule has 1 saturated heterocycles. The quantitative estimate of drug-likeness (QED) is 0.791. The van der Waals surface area contributed by atoms with Crippen LogP contribution in [-0.2, 0) is 5.11 Å². The van der Waals surface area contributed by atoms with Crippen molar-refractivity contribution in [3.63, 3.8) is 0 Å². The summed E-state index contributed by atoms with van der Waals surface area (Å²) >= 11 is 0. The van der Waals surface area contributed by atoms with Crippen molar-refractivity contribution in [2.24, 2.45) is 0 Å². The molecular formula is C10H12N3O4. The van der Waals surface area contributed by atoms with Crippen molar-refractivity contribution in [1.29, 1.82) is 0 Å². The summed E-state index contributed by atoms with van der Waals surface area (Å²) in [7, 11) is 0. The summed E-state index contributed by atoms with van der Waals surface area (Å²) in [6, 6.07) is 3.26. The Bertz CT molecular complexity index is 396. The first-order valence-electron chi connectivity index (χ1n) is 5.22. The van der Waals surface area contributed by atoms with Crippen molar-refractivity contribution >= 4 is 12.0 Å². The van der Waals surface area contributed by atoms with Crippen LogP contribution in [-0.4, -0.2) is 48.1 Å². The SMILES string of the molecule is [O]C(=O)NN1CCN(C(=O)c2ccco2)CC1. The molecule has 2 rings (SSSR count). The minimum atomic E-state index is -1.34. The number of carbonyl (C=O) groups is 2. The molecule has 7 nitrogen and oxygen atoms in total. The molecule has 0 aromatic carbocycles. The lowest BCUT2D eigenvalue weighted by Gasteiger charge is -2.33. The van der Waals surface area contributed by atoms with E-state index >= 15 is 0 Å². The Kier molecular flexibility index (Phi) is 3.29. The third-order valence-electron chi connectivity index (χ3n) is 2.55. The van der Waals surface area contributed by atoms with Crippen molar-refractivity contribution in [1.82, 2.24) is 15.3 Å². The van der Waals surface area contributed by atoms with E-state index < -0.39 is 6.09 Å². The number of hydrazine groups is 1. The van der Waals surface area contributed by atoms with Gasteiger partial charge in [-0.3, -0.25) is 10.2 Å². The Morgan fingerprint density at radius 2 is 1.94 bits per heavy atom. The molecule has 0 spiro atoms. The second-order valence-corrected chi connectivity index (χ2v) is 3.66. The van der Waals surface area contributed by atoms with Crippen LogP contribution in [0.25, 0.3) is 0 Å². The van der Waals surface area contributed by atoms with Crippen LogP contribution < -0.4 is 5.43 Å². The summed E-state index contributed by atoms with van der Waals surface area (Å²) in [5, 5.41) is 11.8. The molecule has 1 aliphatic heterocycles. The average molecular weight is 238 g/mol. The largest absolute Gasteiger partial charge is 0.464 e. The summed E-state index contributed by atoms with van der Waals surface area (Å²) in [5.41, 5.74) is 2.15. The molecule has 1 aliphatic rings. The van der Waals surface area contributed by atoms with Gasteiger partial charge in [-0.25, -0.2) is 14.9 Å². The van der Waals surface area contributed by atoms with Gasteiger partial charge in [0.25, 0.3) is 5.91 Å². The molecule has 2 amide bonds. The minimum absolute atomic E-state index is 0.178. The van der Waals surface area contributed by atoms with Gasteiger partial charge in [0, 0.05) is 26.2 Å². The summed E-state index contributed by atoms with van der Waals surface area (Å²) < 4.78 is 5.02. The average Bonchev–Trinajstić information content (AvgIpc) is 2.82. The third kappa shape index (κ3) is 2.76. The number of piperazine rings is 1. The van der Waals surface area contributed by atoms with Gasteiger partial charge in [-0.05, 0) is 12.1 Å². The molecule has 0 saturated carbocycles.